The van der Waals surface area contributed by atoms with Crippen LogP contribution in [-0.4, -0.2) is 33.3 Å². The molecule has 2 N–H and O–H groups in total. The third-order valence-corrected chi connectivity index (χ3v) is 3.71. The van der Waals surface area contributed by atoms with Gasteiger partial charge in [0.2, 0.25) is 0 Å². The normalized spacial score (nSPS) is 12.0. The Labute approximate surface area is 134 Å². The second kappa shape index (κ2) is 7.91. The summed E-state index contributed by atoms with van der Waals surface area (Å²) in [6.45, 7) is 3.98. The highest BCUT2D eigenvalue weighted by Crippen LogP contribution is 2.14. The average Bonchev–Trinajstić information content (AvgIpc) is 2.53. The van der Waals surface area contributed by atoms with E-state index < -0.39 is 6.10 Å². The Bertz CT molecular complexity index is 635. The second-order valence-electron chi connectivity index (χ2n) is 4.75. The van der Waals surface area contributed by atoms with E-state index in [-0.39, 0.29) is 12.5 Å². The van der Waals surface area contributed by atoms with E-state index in [1.807, 2.05) is 44.2 Å². The van der Waals surface area contributed by atoms with Crippen molar-refractivity contribution in [2.24, 2.45) is 0 Å². The van der Waals surface area contributed by atoms with Crippen molar-refractivity contribution >= 4 is 17.7 Å². The molecular weight excluding hydrogens is 298 g/mol. The lowest BCUT2D eigenvalue weighted by atomic mass is 10.1. The molecule has 1 amide bonds. The van der Waals surface area contributed by atoms with Crippen LogP contribution in [0.25, 0.3) is 0 Å². The van der Waals surface area contributed by atoms with E-state index in [9.17, 15) is 9.90 Å². The van der Waals surface area contributed by atoms with Gasteiger partial charge >= 0.3 is 0 Å². The van der Waals surface area contributed by atoms with Gasteiger partial charge in [0.05, 0.1) is 6.10 Å². The number of hydrogen-bond acceptors (Lipinski definition) is 5. The van der Waals surface area contributed by atoms with Gasteiger partial charge in [0.25, 0.3) is 5.91 Å². The lowest BCUT2D eigenvalue weighted by Crippen LogP contribution is -2.29. The van der Waals surface area contributed by atoms with E-state index >= 15 is 0 Å². The zero-order chi connectivity index (χ0) is 15.9. The van der Waals surface area contributed by atoms with E-state index in [0.29, 0.717) is 10.9 Å². The number of aryl methyl sites for hydroxylation is 1. The summed E-state index contributed by atoms with van der Waals surface area (Å²) >= 11 is 1.49. The molecule has 0 aliphatic carbocycles. The first kappa shape index (κ1) is 16.5. The van der Waals surface area contributed by atoms with Crippen LogP contribution in [-0.2, 0) is 0 Å². The molecule has 1 atom stereocenters. The molecule has 0 aliphatic rings. The summed E-state index contributed by atoms with van der Waals surface area (Å²) in [5.74, 6) is 0.537. The minimum Gasteiger partial charge on any atom is -0.387 e. The summed E-state index contributed by atoms with van der Waals surface area (Å²) in [6.07, 6.45) is -0.738. The third-order valence-electron chi connectivity index (χ3n) is 2.98. The molecule has 0 saturated heterocycles. The highest BCUT2D eigenvalue weighted by atomic mass is 32.2. The van der Waals surface area contributed by atoms with Crippen LogP contribution in [0.3, 0.4) is 0 Å². The standard InChI is InChI=1S/C16H19N3O2S/c1-3-22-16-18-11(2)9-13(19-16)15(21)17-10-14(20)12-7-5-4-6-8-12/h4-9,14,20H,3,10H2,1-2H3,(H,17,21). The van der Waals surface area contributed by atoms with E-state index in [2.05, 4.69) is 15.3 Å². The molecule has 5 nitrogen and oxygen atoms in total. The van der Waals surface area contributed by atoms with Gasteiger partial charge in [-0.2, -0.15) is 0 Å². The summed E-state index contributed by atoms with van der Waals surface area (Å²) in [7, 11) is 0. The summed E-state index contributed by atoms with van der Waals surface area (Å²) in [4.78, 5) is 20.7. The SMILES string of the molecule is CCSc1nc(C)cc(C(=O)NCC(O)c2ccccc2)n1. The largest absolute Gasteiger partial charge is 0.387 e. The first-order valence-electron chi connectivity index (χ1n) is 7.10. The van der Waals surface area contributed by atoms with Crippen molar-refractivity contribution in [2.75, 3.05) is 12.3 Å². The van der Waals surface area contributed by atoms with E-state index in [4.69, 9.17) is 0 Å². The number of rotatable bonds is 6. The lowest BCUT2D eigenvalue weighted by Gasteiger charge is -2.12. The van der Waals surface area contributed by atoms with Crippen LogP contribution in [0.5, 0.6) is 0 Å². The van der Waals surface area contributed by atoms with Crippen molar-refractivity contribution in [2.45, 2.75) is 25.1 Å². The zero-order valence-corrected chi connectivity index (χ0v) is 13.4. The maximum atomic E-state index is 12.2. The summed E-state index contributed by atoms with van der Waals surface area (Å²) in [6, 6.07) is 10.9. The molecule has 1 unspecified atom stereocenters. The fourth-order valence-corrected chi connectivity index (χ4v) is 2.55. The monoisotopic (exact) mass is 317 g/mol. The molecule has 1 aromatic carbocycles. The van der Waals surface area contributed by atoms with Crippen LogP contribution < -0.4 is 5.32 Å². The maximum Gasteiger partial charge on any atom is 0.270 e. The molecule has 6 heteroatoms. The van der Waals surface area contributed by atoms with Gasteiger partial charge < -0.3 is 10.4 Å². The number of nitrogens with zero attached hydrogens (tertiary/aromatic N) is 2. The van der Waals surface area contributed by atoms with Gasteiger partial charge in [-0.25, -0.2) is 9.97 Å². The number of aliphatic hydroxyl groups is 1. The molecule has 0 aliphatic heterocycles. The predicted octanol–water partition coefficient (Wildman–Crippen LogP) is 2.36. The molecular formula is C16H19N3O2S. The average molecular weight is 317 g/mol. The Balaban J connectivity index is 2.00. The number of amides is 1. The Hall–Kier alpha value is -1.92. The molecule has 1 heterocycles. The maximum absolute atomic E-state index is 12.2. The summed E-state index contributed by atoms with van der Waals surface area (Å²) in [5.41, 5.74) is 1.84. The molecule has 2 rings (SSSR count). The van der Waals surface area contributed by atoms with Crippen molar-refractivity contribution in [1.29, 1.82) is 0 Å². The minimum atomic E-state index is -0.738. The molecule has 0 saturated carbocycles. The van der Waals surface area contributed by atoms with Gasteiger partial charge in [0, 0.05) is 12.2 Å². The molecule has 0 spiro atoms. The number of hydrogen-bond donors (Lipinski definition) is 2. The highest BCUT2D eigenvalue weighted by molar-refractivity contribution is 7.99. The van der Waals surface area contributed by atoms with Crippen LogP contribution in [0.1, 0.15) is 34.8 Å². The molecule has 116 valence electrons. The van der Waals surface area contributed by atoms with Gasteiger partial charge in [-0.3, -0.25) is 4.79 Å². The van der Waals surface area contributed by atoms with Crippen molar-refractivity contribution < 1.29 is 9.90 Å². The number of carbonyl (C=O) groups excluding carboxylic acids is 1. The van der Waals surface area contributed by atoms with Crippen LogP contribution in [0.2, 0.25) is 0 Å². The molecule has 0 fully saturated rings. The van der Waals surface area contributed by atoms with Crippen molar-refractivity contribution in [3.05, 3.63) is 53.3 Å². The van der Waals surface area contributed by atoms with Gasteiger partial charge in [-0.05, 0) is 24.3 Å². The van der Waals surface area contributed by atoms with Crippen LogP contribution >= 0.6 is 11.8 Å². The Morgan fingerprint density at radius 2 is 2.05 bits per heavy atom. The number of nitrogens with one attached hydrogen (secondary N) is 1. The summed E-state index contributed by atoms with van der Waals surface area (Å²) in [5, 5.41) is 13.4. The Kier molecular flexibility index (Phi) is 5.91. The minimum absolute atomic E-state index is 0.141. The van der Waals surface area contributed by atoms with Crippen molar-refractivity contribution in [3.63, 3.8) is 0 Å². The van der Waals surface area contributed by atoms with Crippen LogP contribution in [0, 0.1) is 6.92 Å². The quantitative estimate of drug-likeness (QED) is 0.632. The first-order valence-corrected chi connectivity index (χ1v) is 8.08. The number of aromatic nitrogens is 2. The van der Waals surface area contributed by atoms with E-state index in [0.717, 1.165) is 17.0 Å². The highest BCUT2D eigenvalue weighted by Gasteiger charge is 2.13. The number of benzene rings is 1. The Morgan fingerprint density at radius 3 is 2.73 bits per heavy atom. The molecule has 22 heavy (non-hydrogen) atoms. The van der Waals surface area contributed by atoms with Gasteiger partial charge in [0.1, 0.15) is 5.69 Å². The molecule has 0 radical (unpaired) electrons. The van der Waals surface area contributed by atoms with Crippen molar-refractivity contribution in [3.8, 4) is 0 Å². The van der Waals surface area contributed by atoms with Gasteiger partial charge in [-0.1, -0.05) is 49.0 Å². The number of aliphatic hydroxyl groups excluding tert-OH is 1. The fraction of sp³-hybridized carbons (Fsp3) is 0.312. The first-order chi connectivity index (χ1) is 10.6. The van der Waals surface area contributed by atoms with E-state index in [1.165, 1.54) is 11.8 Å². The van der Waals surface area contributed by atoms with Crippen molar-refractivity contribution in [1.82, 2.24) is 15.3 Å². The second-order valence-corrected chi connectivity index (χ2v) is 5.98. The molecule has 0 bridgehead atoms. The smallest absolute Gasteiger partial charge is 0.270 e. The Morgan fingerprint density at radius 1 is 1.32 bits per heavy atom. The van der Waals surface area contributed by atoms with Gasteiger partial charge in [-0.15, -0.1) is 0 Å². The topological polar surface area (TPSA) is 75.1 Å². The number of thioether (sulfide) groups is 1. The third kappa shape index (κ3) is 4.54. The molecule has 1 aromatic heterocycles. The lowest BCUT2D eigenvalue weighted by molar-refractivity contribution is 0.0910. The van der Waals surface area contributed by atoms with Crippen LogP contribution in [0.15, 0.2) is 41.6 Å². The summed E-state index contributed by atoms with van der Waals surface area (Å²) < 4.78 is 0. The van der Waals surface area contributed by atoms with Gasteiger partial charge in [0.15, 0.2) is 5.16 Å². The predicted molar refractivity (Wildman–Crippen MR) is 86.9 cm³/mol. The molecule has 2 aromatic rings. The van der Waals surface area contributed by atoms with E-state index in [1.54, 1.807) is 6.07 Å². The zero-order valence-electron chi connectivity index (χ0n) is 12.6. The number of carbonyl (C=O) groups is 1. The van der Waals surface area contributed by atoms with Crippen LogP contribution in [0.4, 0.5) is 0 Å². The fourth-order valence-electron chi connectivity index (χ4n) is 1.92.